The van der Waals surface area contributed by atoms with Gasteiger partial charge in [0, 0.05) is 24.2 Å². The average molecular weight is 397 g/mol. The first kappa shape index (κ1) is 20.2. The minimum atomic E-state index is -0.120. The zero-order valence-corrected chi connectivity index (χ0v) is 16.9. The van der Waals surface area contributed by atoms with Crippen molar-refractivity contribution in [2.45, 2.75) is 36.8 Å². The molecule has 28 heavy (non-hydrogen) atoms. The van der Waals surface area contributed by atoms with Gasteiger partial charge in [-0.3, -0.25) is 4.79 Å². The molecule has 0 aliphatic carbocycles. The number of hydrogen-bond donors (Lipinski definition) is 1. The van der Waals surface area contributed by atoms with Crippen LogP contribution in [0.4, 0.5) is 0 Å². The monoisotopic (exact) mass is 396 g/mol. The van der Waals surface area contributed by atoms with Gasteiger partial charge in [0.05, 0.1) is 11.8 Å². The standard InChI is InChI=1S/C22H24N2O3S/c1-16-8-9-19(14-17(16)2)28-22-20(7-3-10-24-22)21(25)23-11-5-12-26-15-18-6-4-13-27-18/h3-4,6-10,13-14H,5,11-12,15H2,1-2H3,(H,23,25). The van der Waals surface area contributed by atoms with Gasteiger partial charge in [-0.2, -0.15) is 0 Å². The Morgan fingerprint density at radius 3 is 2.86 bits per heavy atom. The number of carbonyl (C=O) groups is 1. The zero-order chi connectivity index (χ0) is 19.8. The summed E-state index contributed by atoms with van der Waals surface area (Å²) in [4.78, 5) is 18.0. The van der Waals surface area contributed by atoms with Gasteiger partial charge in [0.15, 0.2) is 0 Å². The molecule has 0 radical (unpaired) electrons. The molecule has 0 aliphatic heterocycles. The summed E-state index contributed by atoms with van der Waals surface area (Å²) in [6, 6.07) is 13.6. The zero-order valence-electron chi connectivity index (χ0n) is 16.1. The lowest BCUT2D eigenvalue weighted by molar-refractivity contribution is 0.0914. The molecule has 5 nitrogen and oxygen atoms in total. The van der Waals surface area contributed by atoms with Gasteiger partial charge in [-0.25, -0.2) is 4.98 Å². The number of aryl methyl sites for hydroxylation is 2. The molecule has 0 saturated carbocycles. The number of ether oxygens (including phenoxy) is 1. The van der Waals surface area contributed by atoms with E-state index in [-0.39, 0.29) is 5.91 Å². The molecule has 2 heterocycles. The van der Waals surface area contributed by atoms with E-state index in [1.165, 1.54) is 22.9 Å². The van der Waals surface area contributed by atoms with Gasteiger partial charge in [-0.1, -0.05) is 17.8 Å². The highest BCUT2D eigenvalue weighted by molar-refractivity contribution is 7.99. The average Bonchev–Trinajstić information content (AvgIpc) is 3.21. The smallest absolute Gasteiger partial charge is 0.254 e. The molecule has 146 valence electrons. The Balaban J connectivity index is 1.50. The summed E-state index contributed by atoms with van der Waals surface area (Å²) in [5, 5.41) is 3.65. The summed E-state index contributed by atoms with van der Waals surface area (Å²) >= 11 is 1.50. The van der Waals surface area contributed by atoms with Crippen LogP contribution < -0.4 is 5.32 Å². The van der Waals surface area contributed by atoms with Crippen LogP contribution in [0.3, 0.4) is 0 Å². The molecular weight excluding hydrogens is 372 g/mol. The lowest BCUT2D eigenvalue weighted by atomic mass is 10.1. The Bertz CT molecular complexity index is 910. The van der Waals surface area contributed by atoms with Gasteiger partial charge in [0.2, 0.25) is 0 Å². The fourth-order valence-electron chi connectivity index (χ4n) is 2.57. The maximum atomic E-state index is 12.6. The lowest BCUT2D eigenvalue weighted by Crippen LogP contribution is -2.26. The number of pyridine rings is 1. The second-order valence-corrected chi connectivity index (χ2v) is 7.51. The van der Waals surface area contributed by atoms with Crippen LogP contribution in [0.5, 0.6) is 0 Å². The highest BCUT2D eigenvalue weighted by atomic mass is 32.2. The molecule has 2 aromatic heterocycles. The molecule has 1 N–H and O–H groups in total. The van der Waals surface area contributed by atoms with Crippen molar-refractivity contribution >= 4 is 17.7 Å². The number of nitrogens with zero attached hydrogens (tertiary/aromatic N) is 1. The molecule has 6 heteroatoms. The van der Waals surface area contributed by atoms with Gasteiger partial charge < -0.3 is 14.5 Å². The van der Waals surface area contributed by atoms with Gasteiger partial charge in [0.25, 0.3) is 5.91 Å². The van der Waals surface area contributed by atoms with Crippen LogP contribution in [0.2, 0.25) is 0 Å². The van der Waals surface area contributed by atoms with Crippen LogP contribution in [0.25, 0.3) is 0 Å². The van der Waals surface area contributed by atoms with Crippen molar-refractivity contribution in [3.05, 3.63) is 77.4 Å². The number of benzene rings is 1. The van der Waals surface area contributed by atoms with E-state index in [4.69, 9.17) is 9.15 Å². The molecule has 1 aromatic carbocycles. The fourth-order valence-corrected chi connectivity index (χ4v) is 3.55. The lowest BCUT2D eigenvalue weighted by Gasteiger charge is -2.10. The maximum absolute atomic E-state index is 12.6. The van der Waals surface area contributed by atoms with E-state index in [2.05, 4.69) is 42.3 Å². The molecule has 0 spiro atoms. The summed E-state index contributed by atoms with van der Waals surface area (Å²) < 4.78 is 10.7. The van der Waals surface area contributed by atoms with E-state index in [0.29, 0.717) is 30.3 Å². The number of amides is 1. The van der Waals surface area contributed by atoms with Crippen molar-refractivity contribution in [1.29, 1.82) is 0 Å². The molecule has 0 bridgehead atoms. The van der Waals surface area contributed by atoms with Crippen LogP contribution in [-0.2, 0) is 11.3 Å². The number of rotatable bonds is 9. The Morgan fingerprint density at radius 1 is 1.18 bits per heavy atom. The number of carbonyl (C=O) groups excluding carboxylic acids is 1. The first-order valence-electron chi connectivity index (χ1n) is 9.22. The van der Waals surface area contributed by atoms with Crippen molar-refractivity contribution < 1.29 is 13.9 Å². The topological polar surface area (TPSA) is 64.4 Å². The van der Waals surface area contributed by atoms with E-state index >= 15 is 0 Å². The summed E-state index contributed by atoms with van der Waals surface area (Å²) in [6.45, 7) is 5.71. The first-order chi connectivity index (χ1) is 13.6. The molecule has 0 fully saturated rings. The first-order valence-corrected chi connectivity index (χ1v) is 10.0. The third-order valence-corrected chi connectivity index (χ3v) is 5.29. The summed E-state index contributed by atoms with van der Waals surface area (Å²) in [5.41, 5.74) is 3.06. The van der Waals surface area contributed by atoms with E-state index in [1.54, 1.807) is 24.6 Å². The Morgan fingerprint density at radius 2 is 2.07 bits per heavy atom. The quantitative estimate of drug-likeness (QED) is 0.527. The predicted octanol–water partition coefficient (Wildman–Crippen LogP) is 4.78. The molecule has 0 unspecified atom stereocenters. The largest absolute Gasteiger partial charge is 0.467 e. The van der Waals surface area contributed by atoms with E-state index < -0.39 is 0 Å². The summed E-state index contributed by atoms with van der Waals surface area (Å²) in [6.07, 6.45) is 4.06. The van der Waals surface area contributed by atoms with E-state index in [9.17, 15) is 4.79 Å². The van der Waals surface area contributed by atoms with Crippen molar-refractivity contribution in [1.82, 2.24) is 10.3 Å². The second-order valence-electron chi connectivity index (χ2n) is 6.45. The van der Waals surface area contributed by atoms with Crippen molar-refractivity contribution in [3.8, 4) is 0 Å². The van der Waals surface area contributed by atoms with Crippen LogP contribution >= 0.6 is 11.8 Å². The highest BCUT2D eigenvalue weighted by Gasteiger charge is 2.13. The van der Waals surface area contributed by atoms with Crippen molar-refractivity contribution in [3.63, 3.8) is 0 Å². The molecule has 3 aromatic rings. The predicted molar refractivity (Wildman–Crippen MR) is 110 cm³/mol. The fraction of sp³-hybridized carbons (Fsp3) is 0.273. The maximum Gasteiger partial charge on any atom is 0.254 e. The second kappa shape index (κ2) is 10.1. The van der Waals surface area contributed by atoms with Crippen molar-refractivity contribution in [2.24, 2.45) is 0 Å². The van der Waals surface area contributed by atoms with Gasteiger partial charge in [-0.05, 0) is 67.8 Å². The summed E-state index contributed by atoms with van der Waals surface area (Å²) in [7, 11) is 0. The van der Waals surface area contributed by atoms with Gasteiger partial charge in [0.1, 0.15) is 17.4 Å². The minimum absolute atomic E-state index is 0.120. The number of hydrogen-bond acceptors (Lipinski definition) is 5. The SMILES string of the molecule is Cc1ccc(Sc2ncccc2C(=O)NCCCOCc2ccco2)cc1C. The normalized spacial score (nSPS) is 10.8. The molecular formula is C22H24N2O3S. The third-order valence-electron chi connectivity index (χ3n) is 4.28. The van der Waals surface area contributed by atoms with Crippen LogP contribution in [0, 0.1) is 13.8 Å². The van der Waals surface area contributed by atoms with Crippen LogP contribution in [0.1, 0.15) is 33.7 Å². The summed E-state index contributed by atoms with van der Waals surface area (Å²) in [5.74, 6) is 0.679. The Hall–Kier alpha value is -2.57. The Kier molecular flexibility index (Phi) is 7.28. The molecule has 1 amide bonds. The van der Waals surface area contributed by atoms with E-state index in [0.717, 1.165) is 17.1 Å². The van der Waals surface area contributed by atoms with Gasteiger partial charge >= 0.3 is 0 Å². The Labute approximate surface area is 169 Å². The molecule has 0 atom stereocenters. The van der Waals surface area contributed by atoms with E-state index in [1.807, 2.05) is 12.1 Å². The number of aromatic nitrogens is 1. The van der Waals surface area contributed by atoms with Crippen LogP contribution in [-0.4, -0.2) is 24.0 Å². The molecule has 3 rings (SSSR count). The highest BCUT2D eigenvalue weighted by Crippen LogP contribution is 2.29. The molecule has 0 aliphatic rings. The van der Waals surface area contributed by atoms with Crippen molar-refractivity contribution in [2.75, 3.05) is 13.2 Å². The number of nitrogens with one attached hydrogen (secondary N) is 1. The third kappa shape index (κ3) is 5.71. The van der Waals surface area contributed by atoms with Crippen LogP contribution in [0.15, 0.2) is 69.3 Å². The minimum Gasteiger partial charge on any atom is -0.467 e. The molecule has 0 saturated heterocycles. The number of furan rings is 1. The van der Waals surface area contributed by atoms with Gasteiger partial charge in [-0.15, -0.1) is 0 Å².